The molecule has 0 aromatic rings. The standard InChI is InChI=1S/C10H19NO/c1-6-3-10(6)7(2)11-8-4-9(12)5-8/h6-12H,3-5H2,1-2H3. The lowest BCUT2D eigenvalue weighted by molar-refractivity contribution is 0.0572. The Balaban J connectivity index is 1.66. The Labute approximate surface area is 74.4 Å². The minimum Gasteiger partial charge on any atom is -0.393 e. The van der Waals surface area contributed by atoms with E-state index in [1.807, 2.05) is 0 Å². The highest BCUT2D eigenvalue weighted by Gasteiger charge is 2.39. The van der Waals surface area contributed by atoms with Crippen LogP contribution < -0.4 is 5.32 Å². The maximum absolute atomic E-state index is 9.10. The molecule has 0 bridgehead atoms. The highest BCUT2D eigenvalue weighted by atomic mass is 16.3. The first-order valence-electron chi connectivity index (χ1n) is 5.11. The largest absolute Gasteiger partial charge is 0.393 e. The van der Waals surface area contributed by atoms with Gasteiger partial charge in [-0.1, -0.05) is 6.92 Å². The van der Waals surface area contributed by atoms with Crippen molar-refractivity contribution in [2.45, 2.75) is 51.3 Å². The van der Waals surface area contributed by atoms with E-state index in [1.165, 1.54) is 6.42 Å². The van der Waals surface area contributed by atoms with E-state index in [2.05, 4.69) is 19.2 Å². The predicted octanol–water partition coefficient (Wildman–Crippen LogP) is 1.14. The van der Waals surface area contributed by atoms with Crippen LogP contribution in [0.2, 0.25) is 0 Å². The van der Waals surface area contributed by atoms with Gasteiger partial charge in [-0.25, -0.2) is 0 Å². The zero-order valence-corrected chi connectivity index (χ0v) is 7.96. The maximum Gasteiger partial charge on any atom is 0.0570 e. The van der Waals surface area contributed by atoms with Gasteiger partial charge in [-0.15, -0.1) is 0 Å². The van der Waals surface area contributed by atoms with Crippen LogP contribution in [-0.2, 0) is 0 Å². The summed E-state index contributed by atoms with van der Waals surface area (Å²) in [5.74, 6) is 1.83. The Morgan fingerprint density at radius 2 is 1.92 bits per heavy atom. The van der Waals surface area contributed by atoms with Gasteiger partial charge in [-0.3, -0.25) is 0 Å². The zero-order valence-electron chi connectivity index (χ0n) is 7.96. The van der Waals surface area contributed by atoms with Gasteiger partial charge in [0, 0.05) is 12.1 Å². The first-order valence-corrected chi connectivity index (χ1v) is 5.11. The average Bonchev–Trinajstić information content (AvgIpc) is 2.63. The highest BCUT2D eigenvalue weighted by molar-refractivity contribution is 4.94. The van der Waals surface area contributed by atoms with Crippen LogP contribution >= 0.6 is 0 Å². The van der Waals surface area contributed by atoms with Crippen LogP contribution in [0.4, 0.5) is 0 Å². The van der Waals surface area contributed by atoms with Crippen molar-refractivity contribution in [3.8, 4) is 0 Å². The van der Waals surface area contributed by atoms with Crippen LogP contribution in [-0.4, -0.2) is 23.3 Å². The number of hydrogen-bond donors (Lipinski definition) is 2. The second-order valence-corrected chi connectivity index (χ2v) is 4.65. The normalized spacial score (nSPS) is 48.2. The smallest absolute Gasteiger partial charge is 0.0570 e. The van der Waals surface area contributed by atoms with E-state index in [4.69, 9.17) is 5.11 Å². The Hall–Kier alpha value is -0.0800. The molecule has 0 aromatic heterocycles. The molecule has 2 aliphatic rings. The molecule has 2 aliphatic carbocycles. The molecule has 2 N–H and O–H groups in total. The number of rotatable bonds is 3. The van der Waals surface area contributed by atoms with Gasteiger partial charge in [0.2, 0.25) is 0 Å². The molecule has 3 unspecified atom stereocenters. The lowest BCUT2D eigenvalue weighted by Crippen LogP contribution is -2.48. The Kier molecular flexibility index (Phi) is 2.13. The van der Waals surface area contributed by atoms with Gasteiger partial charge in [0.05, 0.1) is 6.10 Å². The number of hydrogen-bond acceptors (Lipinski definition) is 2. The SMILES string of the molecule is CC1CC1C(C)NC1CC(O)C1. The molecule has 0 spiro atoms. The second-order valence-electron chi connectivity index (χ2n) is 4.65. The van der Waals surface area contributed by atoms with Gasteiger partial charge in [-0.05, 0) is 38.0 Å². The number of aliphatic hydroxyl groups is 1. The van der Waals surface area contributed by atoms with Crippen molar-refractivity contribution in [2.75, 3.05) is 0 Å². The molecule has 3 atom stereocenters. The summed E-state index contributed by atoms with van der Waals surface area (Å²) in [5.41, 5.74) is 0. The summed E-state index contributed by atoms with van der Waals surface area (Å²) >= 11 is 0. The molecule has 0 amide bonds. The molecule has 0 saturated heterocycles. The molecular weight excluding hydrogens is 150 g/mol. The maximum atomic E-state index is 9.10. The van der Waals surface area contributed by atoms with E-state index in [0.717, 1.165) is 24.7 Å². The van der Waals surface area contributed by atoms with E-state index in [9.17, 15) is 0 Å². The van der Waals surface area contributed by atoms with Gasteiger partial charge in [0.25, 0.3) is 0 Å². The quantitative estimate of drug-likeness (QED) is 0.664. The zero-order chi connectivity index (χ0) is 8.72. The van der Waals surface area contributed by atoms with E-state index >= 15 is 0 Å². The summed E-state index contributed by atoms with van der Waals surface area (Å²) in [6, 6.07) is 1.26. The highest BCUT2D eigenvalue weighted by Crippen LogP contribution is 2.41. The predicted molar refractivity (Wildman–Crippen MR) is 48.9 cm³/mol. The van der Waals surface area contributed by atoms with Crippen molar-refractivity contribution in [3.63, 3.8) is 0 Å². The fourth-order valence-corrected chi connectivity index (χ4v) is 2.27. The average molecular weight is 169 g/mol. The van der Waals surface area contributed by atoms with Crippen LogP contribution in [0, 0.1) is 11.8 Å². The lowest BCUT2D eigenvalue weighted by atomic mass is 9.88. The van der Waals surface area contributed by atoms with Crippen molar-refractivity contribution in [2.24, 2.45) is 11.8 Å². The molecule has 0 heterocycles. The number of aliphatic hydroxyl groups excluding tert-OH is 1. The van der Waals surface area contributed by atoms with Crippen LogP contribution in [0.5, 0.6) is 0 Å². The summed E-state index contributed by atoms with van der Waals surface area (Å²) in [6.45, 7) is 4.59. The molecule has 0 aromatic carbocycles. The monoisotopic (exact) mass is 169 g/mol. The number of nitrogens with one attached hydrogen (secondary N) is 1. The van der Waals surface area contributed by atoms with Crippen molar-refractivity contribution >= 4 is 0 Å². The van der Waals surface area contributed by atoms with Crippen molar-refractivity contribution in [1.82, 2.24) is 5.32 Å². The van der Waals surface area contributed by atoms with Crippen molar-refractivity contribution in [3.05, 3.63) is 0 Å². The molecule has 2 rings (SSSR count). The lowest BCUT2D eigenvalue weighted by Gasteiger charge is -2.34. The molecule has 12 heavy (non-hydrogen) atoms. The Morgan fingerprint density at radius 3 is 2.33 bits per heavy atom. The van der Waals surface area contributed by atoms with Gasteiger partial charge >= 0.3 is 0 Å². The van der Waals surface area contributed by atoms with E-state index in [0.29, 0.717) is 12.1 Å². The fraction of sp³-hybridized carbons (Fsp3) is 1.00. The first kappa shape index (κ1) is 8.52. The summed E-state index contributed by atoms with van der Waals surface area (Å²) in [7, 11) is 0. The molecule has 70 valence electrons. The Morgan fingerprint density at radius 1 is 1.33 bits per heavy atom. The molecule has 0 radical (unpaired) electrons. The molecular formula is C10H19NO. The topological polar surface area (TPSA) is 32.3 Å². The summed E-state index contributed by atoms with van der Waals surface area (Å²) in [4.78, 5) is 0. The third kappa shape index (κ3) is 1.64. The minimum atomic E-state index is -0.0219. The van der Waals surface area contributed by atoms with Gasteiger partial charge in [-0.2, -0.15) is 0 Å². The molecule has 2 heteroatoms. The minimum absolute atomic E-state index is 0.0219. The molecule has 0 aliphatic heterocycles. The van der Waals surface area contributed by atoms with Gasteiger partial charge < -0.3 is 10.4 Å². The summed E-state index contributed by atoms with van der Waals surface area (Å²) in [6.07, 6.45) is 3.30. The van der Waals surface area contributed by atoms with Crippen molar-refractivity contribution < 1.29 is 5.11 Å². The molecule has 2 fully saturated rings. The summed E-state index contributed by atoms with van der Waals surface area (Å²) in [5, 5.41) is 12.7. The molecule has 2 saturated carbocycles. The van der Waals surface area contributed by atoms with Gasteiger partial charge in [0.1, 0.15) is 0 Å². The van der Waals surface area contributed by atoms with Crippen LogP contribution in [0.25, 0.3) is 0 Å². The fourth-order valence-electron chi connectivity index (χ4n) is 2.27. The third-order valence-corrected chi connectivity index (χ3v) is 3.43. The van der Waals surface area contributed by atoms with Crippen LogP contribution in [0.1, 0.15) is 33.1 Å². The van der Waals surface area contributed by atoms with Crippen molar-refractivity contribution in [1.29, 1.82) is 0 Å². The van der Waals surface area contributed by atoms with Gasteiger partial charge in [0.15, 0.2) is 0 Å². The first-order chi connectivity index (χ1) is 5.66. The summed E-state index contributed by atoms with van der Waals surface area (Å²) < 4.78 is 0. The van der Waals surface area contributed by atoms with E-state index < -0.39 is 0 Å². The second kappa shape index (κ2) is 3.00. The van der Waals surface area contributed by atoms with Crippen LogP contribution in [0.3, 0.4) is 0 Å². The Bertz CT molecular complexity index is 165. The third-order valence-electron chi connectivity index (χ3n) is 3.43. The molecule has 2 nitrogen and oxygen atoms in total. The van der Waals surface area contributed by atoms with E-state index in [-0.39, 0.29) is 6.10 Å². The van der Waals surface area contributed by atoms with Crippen LogP contribution in [0.15, 0.2) is 0 Å². The van der Waals surface area contributed by atoms with E-state index in [1.54, 1.807) is 0 Å².